The molecule has 14 heteroatoms. The quantitative estimate of drug-likeness (QED) is 0.0197. The molecule has 9 N–H and O–H groups in total. The van der Waals surface area contributed by atoms with Crippen LogP contribution in [0, 0.1) is 0 Å². The Hall–Kier alpha value is -0.960. The Morgan fingerprint density at radius 3 is 1.49 bits per heavy atom. The van der Waals surface area contributed by atoms with Gasteiger partial charge >= 0.3 is 7.82 Å². The number of allylic oxidation sites excluding steroid dienone is 2. The highest BCUT2D eigenvalue weighted by atomic mass is 31.2. The Bertz CT molecular complexity index is 1010. The number of carbonyl (C=O) groups is 1. The van der Waals surface area contributed by atoms with Gasteiger partial charge in [-0.1, -0.05) is 148 Å². The third kappa shape index (κ3) is 24.5. The molecule has 0 aliphatic heterocycles. The summed E-state index contributed by atoms with van der Waals surface area (Å²) < 4.78 is 22.8. The molecule has 326 valence electrons. The lowest BCUT2D eigenvalue weighted by Gasteiger charge is -2.41. The van der Waals surface area contributed by atoms with Gasteiger partial charge in [-0.05, 0) is 38.5 Å². The molecule has 0 aromatic carbocycles. The van der Waals surface area contributed by atoms with Crippen LogP contribution in [-0.2, 0) is 18.4 Å². The average Bonchev–Trinajstić information content (AvgIpc) is 3.15. The van der Waals surface area contributed by atoms with Crippen molar-refractivity contribution in [3.05, 3.63) is 12.2 Å². The standard InChI is InChI=1S/C41H80NO12P/c1-3-5-7-9-11-13-14-15-16-17-18-19-20-21-22-24-26-28-32(43)30-35(45)42-33(34(44)29-27-25-23-12-10-8-6-4-2)31-53-55(51,52)54-41-39(49)37(47)36(46)38(48)40(41)50/h17-18,32-34,36-41,43-44,46-50H,3-16,19-31H2,1-2H3,(H,42,45)(H,51,52)/b18-17-. The lowest BCUT2D eigenvalue weighted by atomic mass is 9.85. The molecule has 8 unspecified atom stereocenters. The summed E-state index contributed by atoms with van der Waals surface area (Å²) in [5.41, 5.74) is 0. The van der Waals surface area contributed by atoms with Crippen LogP contribution < -0.4 is 5.32 Å². The molecule has 1 fully saturated rings. The predicted octanol–water partition coefficient (Wildman–Crippen LogP) is 6.25. The van der Waals surface area contributed by atoms with Crippen molar-refractivity contribution >= 4 is 13.7 Å². The normalized spacial score (nSPS) is 24.5. The zero-order valence-corrected chi connectivity index (χ0v) is 35.0. The van der Waals surface area contributed by atoms with Gasteiger partial charge in [0.2, 0.25) is 5.91 Å². The fourth-order valence-corrected chi connectivity index (χ4v) is 7.97. The maximum Gasteiger partial charge on any atom is 0.472 e. The first-order valence-electron chi connectivity index (χ1n) is 21.7. The van der Waals surface area contributed by atoms with Gasteiger partial charge in [-0.2, -0.15) is 0 Å². The van der Waals surface area contributed by atoms with E-state index in [-0.39, 0.29) is 12.8 Å². The maximum absolute atomic E-state index is 12.9. The first-order chi connectivity index (χ1) is 26.3. The van der Waals surface area contributed by atoms with Gasteiger partial charge in [-0.25, -0.2) is 4.57 Å². The van der Waals surface area contributed by atoms with Crippen LogP contribution in [0.2, 0.25) is 0 Å². The van der Waals surface area contributed by atoms with Gasteiger partial charge in [0.25, 0.3) is 0 Å². The lowest BCUT2D eigenvalue weighted by molar-refractivity contribution is -0.220. The topological polar surface area (TPSA) is 226 Å². The monoisotopic (exact) mass is 810 g/mol. The van der Waals surface area contributed by atoms with E-state index in [4.69, 9.17) is 9.05 Å². The van der Waals surface area contributed by atoms with Crippen molar-refractivity contribution in [2.24, 2.45) is 0 Å². The lowest BCUT2D eigenvalue weighted by Crippen LogP contribution is -2.64. The SMILES string of the molecule is CCCCCCCCCC/C=C\CCCCCCCC(O)CC(=O)NC(COP(=O)(O)OC1C(O)C(O)C(O)C(O)C1O)C(O)CCCCCCCCCC. The van der Waals surface area contributed by atoms with E-state index in [0.29, 0.717) is 12.8 Å². The van der Waals surface area contributed by atoms with E-state index < -0.39 is 75.2 Å². The smallest absolute Gasteiger partial charge is 0.393 e. The third-order valence-corrected chi connectivity index (χ3v) is 11.6. The highest BCUT2D eigenvalue weighted by molar-refractivity contribution is 7.47. The Balaban J connectivity index is 2.48. The summed E-state index contributed by atoms with van der Waals surface area (Å²) in [4.78, 5) is 23.3. The maximum atomic E-state index is 12.9. The van der Waals surface area contributed by atoms with Crippen LogP contribution in [0.15, 0.2) is 12.2 Å². The number of hydrogen-bond donors (Lipinski definition) is 9. The van der Waals surface area contributed by atoms with Crippen molar-refractivity contribution < 1.29 is 59.0 Å². The summed E-state index contributed by atoms with van der Waals surface area (Å²) in [5, 5.41) is 74.2. The summed E-state index contributed by atoms with van der Waals surface area (Å²) in [6.45, 7) is 3.72. The number of nitrogens with one attached hydrogen (secondary N) is 1. The molecule has 1 rings (SSSR count). The van der Waals surface area contributed by atoms with Gasteiger partial charge in [0.05, 0.1) is 31.3 Å². The van der Waals surface area contributed by atoms with Gasteiger partial charge in [0.15, 0.2) is 0 Å². The predicted molar refractivity (Wildman–Crippen MR) is 215 cm³/mol. The minimum Gasteiger partial charge on any atom is -0.393 e. The van der Waals surface area contributed by atoms with Crippen LogP contribution in [0.5, 0.6) is 0 Å². The average molecular weight is 810 g/mol. The van der Waals surface area contributed by atoms with Crippen LogP contribution in [0.25, 0.3) is 0 Å². The summed E-state index contributed by atoms with van der Waals surface area (Å²) in [6, 6.07) is -1.15. The number of phosphoric acid groups is 1. The first-order valence-corrected chi connectivity index (χ1v) is 23.2. The van der Waals surface area contributed by atoms with Gasteiger partial charge in [0, 0.05) is 0 Å². The number of hydrogen-bond acceptors (Lipinski definition) is 11. The van der Waals surface area contributed by atoms with Crippen molar-refractivity contribution in [2.75, 3.05) is 6.61 Å². The first kappa shape index (κ1) is 52.1. The second-order valence-corrected chi connectivity index (χ2v) is 17.1. The van der Waals surface area contributed by atoms with E-state index in [9.17, 15) is 50.0 Å². The summed E-state index contributed by atoms with van der Waals surface area (Å²) in [6.07, 6.45) is 17.3. The minimum atomic E-state index is -5.10. The van der Waals surface area contributed by atoms with Crippen LogP contribution in [-0.4, -0.2) is 108 Å². The van der Waals surface area contributed by atoms with Crippen molar-refractivity contribution in [3.8, 4) is 0 Å². The molecular weight excluding hydrogens is 729 g/mol. The molecule has 0 spiro atoms. The largest absolute Gasteiger partial charge is 0.472 e. The Labute approximate surface area is 331 Å². The van der Waals surface area contributed by atoms with Gasteiger partial charge in [-0.3, -0.25) is 13.8 Å². The molecule has 1 aliphatic rings. The summed E-state index contributed by atoms with van der Waals surface area (Å²) >= 11 is 0. The second-order valence-electron chi connectivity index (χ2n) is 15.7. The number of rotatable bonds is 35. The number of aliphatic hydroxyl groups is 7. The number of carbonyl (C=O) groups excluding carboxylic acids is 1. The number of phosphoric ester groups is 1. The molecule has 1 amide bonds. The van der Waals surface area contributed by atoms with Gasteiger partial charge in [0.1, 0.15) is 36.6 Å². The van der Waals surface area contributed by atoms with Crippen LogP contribution >= 0.6 is 7.82 Å². The highest BCUT2D eigenvalue weighted by Crippen LogP contribution is 2.47. The fraction of sp³-hybridized carbons (Fsp3) is 0.927. The Morgan fingerprint density at radius 2 is 1.02 bits per heavy atom. The van der Waals surface area contributed by atoms with E-state index in [2.05, 4.69) is 31.3 Å². The molecule has 13 nitrogen and oxygen atoms in total. The Kier molecular flexibility index (Phi) is 30.3. The van der Waals surface area contributed by atoms with E-state index in [0.717, 1.165) is 77.0 Å². The molecule has 0 radical (unpaired) electrons. The van der Waals surface area contributed by atoms with Crippen molar-refractivity contribution in [1.29, 1.82) is 0 Å². The molecule has 0 saturated heterocycles. The van der Waals surface area contributed by atoms with Crippen molar-refractivity contribution in [2.45, 2.75) is 236 Å². The van der Waals surface area contributed by atoms with Crippen molar-refractivity contribution in [1.82, 2.24) is 5.32 Å². The van der Waals surface area contributed by atoms with E-state index in [1.54, 1.807) is 0 Å². The minimum absolute atomic E-state index is 0.226. The number of aliphatic hydroxyl groups excluding tert-OH is 7. The molecule has 0 bridgehead atoms. The molecule has 0 heterocycles. The van der Waals surface area contributed by atoms with Gasteiger partial charge < -0.3 is 46.0 Å². The van der Waals surface area contributed by atoms with Crippen LogP contribution in [0.4, 0.5) is 0 Å². The highest BCUT2D eigenvalue weighted by Gasteiger charge is 2.51. The second kappa shape index (κ2) is 32.0. The number of amides is 1. The van der Waals surface area contributed by atoms with Crippen LogP contribution in [0.1, 0.15) is 181 Å². The summed E-state index contributed by atoms with van der Waals surface area (Å²) in [7, 11) is -5.10. The molecule has 0 aromatic rings. The Morgan fingerprint density at radius 1 is 0.618 bits per heavy atom. The molecular formula is C41H80NO12P. The molecule has 1 saturated carbocycles. The van der Waals surface area contributed by atoms with E-state index >= 15 is 0 Å². The van der Waals surface area contributed by atoms with E-state index in [1.165, 1.54) is 64.2 Å². The molecule has 0 aromatic heterocycles. The third-order valence-electron chi connectivity index (χ3n) is 10.6. The zero-order chi connectivity index (χ0) is 40.9. The fourth-order valence-electron chi connectivity index (χ4n) is 7.00. The zero-order valence-electron chi connectivity index (χ0n) is 34.1. The molecule has 1 aliphatic carbocycles. The molecule has 55 heavy (non-hydrogen) atoms. The van der Waals surface area contributed by atoms with Gasteiger partial charge in [-0.15, -0.1) is 0 Å². The van der Waals surface area contributed by atoms with E-state index in [1.807, 2.05) is 0 Å². The van der Waals surface area contributed by atoms with Crippen LogP contribution in [0.3, 0.4) is 0 Å². The molecule has 8 atom stereocenters. The number of unbranched alkanes of at least 4 members (excludes halogenated alkanes) is 20. The summed E-state index contributed by atoms with van der Waals surface area (Å²) in [5.74, 6) is -0.568. The van der Waals surface area contributed by atoms with Crippen molar-refractivity contribution in [3.63, 3.8) is 0 Å².